The lowest BCUT2D eigenvalue weighted by atomic mass is 10.0. The molecule has 4 heterocycles. The van der Waals surface area contributed by atoms with E-state index >= 15 is 0 Å². The Morgan fingerprint density at radius 3 is 2.79 bits per heavy atom. The number of hydrogen-bond donors (Lipinski definition) is 2. The molecule has 0 unspecified atom stereocenters. The highest BCUT2D eigenvalue weighted by molar-refractivity contribution is 5.86. The van der Waals surface area contributed by atoms with Gasteiger partial charge in [-0.3, -0.25) is 4.68 Å². The molecule has 6 nitrogen and oxygen atoms in total. The van der Waals surface area contributed by atoms with Crippen LogP contribution in [0.4, 0.5) is 5.82 Å². The van der Waals surface area contributed by atoms with E-state index in [1.54, 1.807) is 6.20 Å². The Morgan fingerprint density at radius 1 is 1.12 bits per heavy atom. The van der Waals surface area contributed by atoms with E-state index in [1.165, 1.54) is 0 Å². The molecule has 4 aromatic heterocycles. The molecule has 24 heavy (non-hydrogen) atoms. The Kier molecular flexibility index (Phi) is 3.30. The molecule has 4 aromatic rings. The third-order valence-corrected chi connectivity index (χ3v) is 4.03. The highest BCUT2D eigenvalue weighted by atomic mass is 15.3. The summed E-state index contributed by atoms with van der Waals surface area (Å²) < 4.78 is 1.96. The highest BCUT2D eigenvalue weighted by Gasteiger charge is 2.16. The van der Waals surface area contributed by atoms with Crippen LogP contribution in [-0.4, -0.2) is 24.7 Å². The first-order chi connectivity index (χ1) is 11.6. The Bertz CT molecular complexity index is 1010. The van der Waals surface area contributed by atoms with Gasteiger partial charge < -0.3 is 10.7 Å². The average molecular weight is 318 g/mol. The Balaban J connectivity index is 1.92. The van der Waals surface area contributed by atoms with Crippen molar-refractivity contribution in [2.45, 2.75) is 19.9 Å². The van der Waals surface area contributed by atoms with Gasteiger partial charge in [-0.15, -0.1) is 0 Å². The van der Waals surface area contributed by atoms with Gasteiger partial charge in [-0.05, 0) is 43.7 Å². The number of fused-ring (bicyclic) bond motifs is 1. The molecular weight excluding hydrogens is 300 g/mol. The molecular formula is C18H18N6. The third-order valence-electron chi connectivity index (χ3n) is 4.03. The standard InChI is InChI=1S/C18H18N6/c1-11(2)24-10-15(12-3-5-20-16(19)8-12)17(23-24)14-7-13-4-6-21-18(13)22-9-14/h3-11H,1-2H3,(H2,19,20)(H,21,22). The molecule has 0 saturated carbocycles. The van der Waals surface area contributed by atoms with E-state index in [1.807, 2.05) is 35.3 Å². The summed E-state index contributed by atoms with van der Waals surface area (Å²) in [4.78, 5) is 11.7. The molecule has 120 valence electrons. The molecule has 0 fully saturated rings. The molecule has 6 heteroatoms. The second-order valence-electron chi connectivity index (χ2n) is 6.07. The van der Waals surface area contributed by atoms with Gasteiger partial charge in [0.25, 0.3) is 0 Å². The number of nitrogens with two attached hydrogens (primary N) is 1. The van der Waals surface area contributed by atoms with E-state index in [2.05, 4.69) is 41.1 Å². The molecule has 3 N–H and O–H groups in total. The number of aromatic nitrogens is 5. The molecule has 0 amide bonds. The molecule has 0 atom stereocenters. The van der Waals surface area contributed by atoms with E-state index in [4.69, 9.17) is 10.8 Å². The van der Waals surface area contributed by atoms with Gasteiger partial charge in [0.2, 0.25) is 0 Å². The lowest BCUT2D eigenvalue weighted by Gasteiger charge is -2.04. The Labute approximate surface area is 139 Å². The quantitative estimate of drug-likeness (QED) is 0.604. The average Bonchev–Trinajstić information content (AvgIpc) is 3.21. The zero-order chi connectivity index (χ0) is 16.7. The van der Waals surface area contributed by atoms with Crippen LogP contribution in [-0.2, 0) is 0 Å². The zero-order valence-corrected chi connectivity index (χ0v) is 13.6. The van der Waals surface area contributed by atoms with Gasteiger partial charge in [-0.2, -0.15) is 5.10 Å². The largest absolute Gasteiger partial charge is 0.384 e. The van der Waals surface area contributed by atoms with Gasteiger partial charge in [0.1, 0.15) is 17.2 Å². The van der Waals surface area contributed by atoms with E-state index in [0.717, 1.165) is 33.4 Å². The summed E-state index contributed by atoms with van der Waals surface area (Å²) >= 11 is 0. The number of rotatable bonds is 3. The highest BCUT2D eigenvalue weighted by Crippen LogP contribution is 2.33. The van der Waals surface area contributed by atoms with Gasteiger partial charge in [0.05, 0.1) is 0 Å². The number of aromatic amines is 1. The summed E-state index contributed by atoms with van der Waals surface area (Å²) in [5, 5.41) is 5.84. The fourth-order valence-corrected chi connectivity index (χ4v) is 2.77. The van der Waals surface area contributed by atoms with Gasteiger partial charge >= 0.3 is 0 Å². The van der Waals surface area contributed by atoms with Crippen LogP contribution in [0.1, 0.15) is 19.9 Å². The fourth-order valence-electron chi connectivity index (χ4n) is 2.77. The molecule has 0 radical (unpaired) electrons. The summed E-state index contributed by atoms with van der Waals surface area (Å²) in [5.74, 6) is 0.495. The first kappa shape index (κ1) is 14.4. The number of H-pyrrole nitrogens is 1. The maximum Gasteiger partial charge on any atom is 0.137 e. The topological polar surface area (TPSA) is 85.4 Å². The van der Waals surface area contributed by atoms with Crippen molar-refractivity contribution in [1.29, 1.82) is 0 Å². The number of anilines is 1. The van der Waals surface area contributed by atoms with Crippen molar-refractivity contribution in [3.05, 3.63) is 49.1 Å². The summed E-state index contributed by atoms with van der Waals surface area (Å²) in [5.41, 5.74) is 10.6. The number of nitrogens with zero attached hydrogens (tertiary/aromatic N) is 4. The number of nitrogen functional groups attached to an aromatic ring is 1. The smallest absolute Gasteiger partial charge is 0.137 e. The second kappa shape index (κ2) is 5.49. The molecule has 0 bridgehead atoms. The van der Waals surface area contributed by atoms with Crippen molar-refractivity contribution in [2.75, 3.05) is 5.73 Å². The van der Waals surface area contributed by atoms with Crippen molar-refractivity contribution in [1.82, 2.24) is 24.7 Å². The van der Waals surface area contributed by atoms with Gasteiger partial charge in [0.15, 0.2) is 0 Å². The number of pyridine rings is 2. The Hall–Kier alpha value is -3.15. The Morgan fingerprint density at radius 2 is 2.00 bits per heavy atom. The maximum absolute atomic E-state index is 5.86. The van der Waals surface area contributed by atoms with E-state index in [-0.39, 0.29) is 6.04 Å². The lowest BCUT2D eigenvalue weighted by Crippen LogP contribution is -2.00. The molecule has 4 rings (SSSR count). The van der Waals surface area contributed by atoms with Crippen LogP contribution in [0.25, 0.3) is 33.4 Å². The minimum Gasteiger partial charge on any atom is -0.384 e. The van der Waals surface area contributed by atoms with Crippen molar-refractivity contribution in [3.63, 3.8) is 0 Å². The van der Waals surface area contributed by atoms with Crippen molar-refractivity contribution >= 4 is 16.9 Å². The fraction of sp³-hybridized carbons (Fsp3) is 0.167. The summed E-state index contributed by atoms with van der Waals surface area (Å²) in [7, 11) is 0. The molecule has 0 aliphatic carbocycles. The normalized spacial score (nSPS) is 11.5. The van der Waals surface area contributed by atoms with E-state index in [9.17, 15) is 0 Å². The monoisotopic (exact) mass is 318 g/mol. The van der Waals surface area contributed by atoms with Crippen LogP contribution < -0.4 is 5.73 Å². The van der Waals surface area contributed by atoms with Crippen LogP contribution >= 0.6 is 0 Å². The van der Waals surface area contributed by atoms with Gasteiger partial charge in [-0.25, -0.2) is 9.97 Å². The van der Waals surface area contributed by atoms with E-state index < -0.39 is 0 Å². The molecule has 0 aliphatic rings. The van der Waals surface area contributed by atoms with Crippen LogP contribution in [0.5, 0.6) is 0 Å². The summed E-state index contributed by atoms with van der Waals surface area (Å²) in [6.45, 7) is 4.21. The van der Waals surface area contributed by atoms with Crippen LogP contribution in [0.15, 0.2) is 49.1 Å². The van der Waals surface area contributed by atoms with Gasteiger partial charge in [-0.1, -0.05) is 0 Å². The molecule has 0 aromatic carbocycles. The lowest BCUT2D eigenvalue weighted by molar-refractivity contribution is 0.534. The number of nitrogens with one attached hydrogen (secondary N) is 1. The predicted octanol–water partition coefficient (Wildman–Crippen LogP) is 3.65. The summed E-state index contributed by atoms with van der Waals surface area (Å²) in [6, 6.07) is 8.19. The zero-order valence-electron chi connectivity index (χ0n) is 13.6. The van der Waals surface area contributed by atoms with E-state index in [0.29, 0.717) is 5.82 Å². The summed E-state index contributed by atoms with van der Waals surface area (Å²) in [6.07, 6.45) is 7.50. The SMILES string of the molecule is CC(C)n1cc(-c2ccnc(N)c2)c(-c2cnc3[nH]ccc3c2)n1. The number of hydrogen-bond acceptors (Lipinski definition) is 4. The minimum absolute atomic E-state index is 0.264. The maximum atomic E-state index is 5.86. The molecule has 0 saturated heterocycles. The second-order valence-corrected chi connectivity index (χ2v) is 6.07. The van der Waals surface area contributed by atoms with Crippen molar-refractivity contribution < 1.29 is 0 Å². The predicted molar refractivity (Wildman–Crippen MR) is 95.3 cm³/mol. The third kappa shape index (κ3) is 2.42. The van der Waals surface area contributed by atoms with Gasteiger partial charge in [0, 0.05) is 47.3 Å². The first-order valence-corrected chi connectivity index (χ1v) is 7.86. The molecule has 0 aliphatic heterocycles. The first-order valence-electron chi connectivity index (χ1n) is 7.86. The van der Waals surface area contributed by atoms with Crippen LogP contribution in [0, 0.1) is 0 Å². The van der Waals surface area contributed by atoms with Crippen molar-refractivity contribution in [2.24, 2.45) is 0 Å². The molecule has 0 spiro atoms. The van der Waals surface area contributed by atoms with Crippen LogP contribution in [0.3, 0.4) is 0 Å². The van der Waals surface area contributed by atoms with Crippen molar-refractivity contribution in [3.8, 4) is 22.4 Å². The minimum atomic E-state index is 0.264. The van der Waals surface area contributed by atoms with Crippen LogP contribution in [0.2, 0.25) is 0 Å².